The first-order chi connectivity index (χ1) is 9.56. The van der Waals surface area contributed by atoms with Crippen molar-refractivity contribution in [2.45, 2.75) is 25.4 Å². The number of ether oxygens (including phenoxy) is 1. The quantitative estimate of drug-likeness (QED) is 0.722. The normalized spacial score (nSPS) is 13.6. The topological polar surface area (TPSA) is 70.6 Å². The minimum Gasteiger partial charge on any atom is -0.394 e. The number of nitrogens with one attached hydrogen (secondary N) is 2. The van der Waals surface area contributed by atoms with Gasteiger partial charge in [-0.1, -0.05) is 23.7 Å². The van der Waals surface area contributed by atoms with Gasteiger partial charge < -0.3 is 20.5 Å². The number of hydrogen-bond donors (Lipinski definition) is 3. The van der Waals surface area contributed by atoms with Crippen LogP contribution in [0, 0.1) is 0 Å². The molecule has 0 saturated heterocycles. The molecular weight excluding hydrogens is 280 g/mol. The summed E-state index contributed by atoms with van der Waals surface area (Å²) in [6, 6.07) is 6.22. The van der Waals surface area contributed by atoms with E-state index < -0.39 is 6.04 Å². The van der Waals surface area contributed by atoms with E-state index in [2.05, 4.69) is 10.6 Å². The third kappa shape index (κ3) is 5.77. The summed E-state index contributed by atoms with van der Waals surface area (Å²) < 4.78 is 4.95. The van der Waals surface area contributed by atoms with E-state index in [0.717, 1.165) is 12.0 Å². The van der Waals surface area contributed by atoms with Crippen LogP contribution in [0.5, 0.6) is 0 Å². The first-order valence-corrected chi connectivity index (χ1v) is 6.87. The Morgan fingerprint density at radius 1 is 1.35 bits per heavy atom. The number of halogens is 1. The lowest BCUT2D eigenvalue weighted by Crippen LogP contribution is -2.43. The molecule has 0 aromatic heterocycles. The molecular formula is C14H21ClN2O3. The van der Waals surface area contributed by atoms with Gasteiger partial charge in [0.05, 0.1) is 12.6 Å². The Bertz CT molecular complexity index is 411. The predicted octanol–water partition coefficient (Wildman–Crippen LogP) is 2.10. The number of urea groups is 1. The third-order valence-corrected chi connectivity index (χ3v) is 3.14. The van der Waals surface area contributed by atoms with E-state index in [-0.39, 0.29) is 18.7 Å². The molecule has 0 bridgehead atoms. The van der Waals surface area contributed by atoms with Gasteiger partial charge in [0, 0.05) is 24.8 Å². The van der Waals surface area contributed by atoms with Gasteiger partial charge >= 0.3 is 6.03 Å². The lowest BCUT2D eigenvalue weighted by atomic mass is 10.1. The fourth-order valence-electron chi connectivity index (χ4n) is 1.72. The summed E-state index contributed by atoms with van der Waals surface area (Å²) in [6.45, 7) is 2.30. The molecule has 0 radical (unpaired) electrons. The molecule has 0 aliphatic heterocycles. The van der Waals surface area contributed by atoms with E-state index >= 15 is 0 Å². The Balaban J connectivity index is 2.51. The van der Waals surface area contributed by atoms with Gasteiger partial charge in [-0.15, -0.1) is 0 Å². The lowest BCUT2D eigenvalue weighted by Gasteiger charge is -2.20. The highest BCUT2D eigenvalue weighted by Gasteiger charge is 2.14. The Kier molecular flexibility index (Phi) is 7.36. The van der Waals surface area contributed by atoms with Crippen LogP contribution in [0.25, 0.3) is 0 Å². The molecule has 6 heteroatoms. The summed E-state index contributed by atoms with van der Waals surface area (Å²) in [6.07, 6.45) is 0.731. The van der Waals surface area contributed by atoms with E-state index in [9.17, 15) is 9.90 Å². The van der Waals surface area contributed by atoms with Crippen LogP contribution in [0.15, 0.2) is 24.3 Å². The summed E-state index contributed by atoms with van der Waals surface area (Å²) in [5.74, 6) is 0. The maximum Gasteiger partial charge on any atom is 0.315 e. The molecule has 5 nitrogen and oxygen atoms in total. The number of aliphatic hydroxyl groups is 1. The van der Waals surface area contributed by atoms with Crippen molar-refractivity contribution in [2.75, 3.05) is 20.3 Å². The van der Waals surface area contributed by atoms with E-state index in [1.165, 1.54) is 0 Å². The smallest absolute Gasteiger partial charge is 0.315 e. The monoisotopic (exact) mass is 300 g/mol. The first-order valence-electron chi connectivity index (χ1n) is 6.49. The molecule has 1 aromatic rings. The standard InChI is InChI=1S/C14H21ClN2O3/c1-10(7-8-20-2)16-14(19)17-13(9-18)11-3-5-12(15)6-4-11/h3-6,10,13,18H,7-9H2,1-2H3,(H2,16,17,19). The second kappa shape index (κ2) is 8.79. The molecule has 0 fully saturated rings. The molecule has 0 aliphatic rings. The highest BCUT2D eigenvalue weighted by atomic mass is 35.5. The average molecular weight is 301 g/mol. The van der Waals surface area contributed by atoms with Crippen molar-refractivity contribution in [3.63, 3.8) is 0 Å². The van der Waals surface area contributed by atoms with Gasteiger partial charge in [0.2, 0.25) is 0 Å². The largest absolute Gasteiger partial charge is 0.394 e. The van der Waals surface area contributed by atoms with Crippen LogP contribution in [0.1, 0.15) is 24.9 Å². The molecule has 2 amide bonds. The molecule has 0 heterocycles. The zero-order valence-corrected chi connectivity index (χ0v) is 12.5. The maximum atomic E-state index is 11.8. The number of rotatable bonds is 7. The zero-order chi connectivity index (χ0) is 15.0. The summed E-state index contributed by atoms with van der Waals surface area (Å²) in [5.41, 5.74) is 0.802. The lowest BCUT2D eigenvalue weighted by molar-refractivity contribution is 0.182. The Morgan fingerprint density at radius 3 is 2.55 bits per heavy atom. The summed E-state index contributed by atoms with van der Waals surface area (Å²) in [4.78, 5) is 11.8. The number of methoxy groups -OCH3 is 1. The number of carbonyl (C=O) groups is 1. The molecule has 2 atom stereocenters. The van der Waals surface area contributed by atoms with E-state index in [1.54, 1.807) is 31.4 Å². The highest BCUT2D eigenvalue weighted by Crippen LogP contribution is 2.16. The molecule has 0 spiro atoms. The molecule has 112 valence electrons. The van der Waals surface area contributed by atoms with Gasteiger partial charge in [-0.3, -0.25) is 0 Å². The van der Waals surface area contributed by atoms with Crippen molar-refractivity contribution in [3.8, 4) is 0 Å². The SMILES string of the molecule is COCCC(C)NC(=O)NC(CO)c1ccc(Cl)cc1. The van der Waals surface area contributed by atoms with Crippen LogP contribution >= 0.6 is 11.6 Å². The van der Waals surface area contributed by atoms with Crippen LogP contribution in [0.3, 0.4) is 0 Å². The molecule has 1 aromatic carbocycles. The van der Waals surface area contributed by atoms with Crippen molar-refractivity contribution in [1.82, 2.24) is 10.6 Å². The van der Waals surface area contributed by atoms with Gasteiger partial charge in [0.25, 0.3) is 0 Å². The van der Waals surface area contributed by atoms with E-state index in [1.807, 2.05) is 6.92 Å². The first kappa shape index (κ1) is 16.8. The minimum atomic E-state index is -0.457. The molecule has 0 saturated carbocycles. The van der Waals surface area contributed by atoms with Crippen molar-refractivity contribution in [2.24, 2.45) is 0 Å². The van der Waals surface area contributed by atoms with Crippen molar-refractivity contribution >= 4 is 17.6 Å². The van der Waals surface area contributed by atoms with Gasteiger partial charge in [0.15, 0.2) is 0 Å². The predicted molar refractivity (Wildman–Crippen MR) is 78.9 cm³/mol. The number of hydrogen-bond acceptors (Lipinski definition) is 3. The van der Waals surface area contributed by atoms with E-state index in [0.29, 0.717) is 11.6 Å². The number of aliphatic hydroxyl groups excluding tert-OH is 1. The number of amides is 2. The van der Waals surface area contributed by atoms with Crippen molar-refractivity contribution in [3.05, 3.63) is 34.9 Å². The van der Waals surface area contributed by atoms with Crippen LogP contribution < -0.4 is 10.6 Å². The molecule has 3 N–H and O–H groups in total. The fraction of sp³-hybridized carbons (Fsp3) is 0.500. The molecule has 2 unspecified atom stereocenters. The van der Waals surface area contributed by atoms with Crippen LogP contribution in [0.4, 0.5) is 4.79 Å². The zero-order valence-electron chi connectivity index (χ0n) is 11.7. The van der Waals surface area contributed by atoms with Crippen LogP contribution in [0.2, 0.25) is 5.02 Å². The third-order valence-electron chi connectivity index (χ3n) is 2.89. The van der Waals surface area contributed by atoms with Gasteiger partial charge in [0.1, 0.15) is 0 Å². The van der Waals surface area contributed by atoms with Gasteiger partial charge in [-0.05, 0) is 31.0 Å². The Hall–Kier alpha value is -1.30. The molecule has 20 heavy (non-hydrogen) atoms. The Labute approximate surface area is 124 Å². The minimum absolute atomic E-state index is 0.000453. The van der Waals surface area contributed by atoms with E-state index in [4.69, 9.17) is 16.3 Å². The van der Waals surface area contributed by atoms with Crippen LogP contribution in [-0.2, 0) is 4.74 Å². The second-order valence-electron chi connectivity index (χ2n) is 4.59. The van der Waals surface area contributed by atoms with Crippen molar-refractivity contribution in [1.29, 1.82) is 0 Å². The van der Waals surface area contributed by atoms with Crippen LogP contribution in [-0.4, -0.2) is 37.5 Å². The fourth-order valence-corrected chi connectivity index (χ4v) is 1.85. The second-order valence-corrected chi connectivity index (χ2v) is 5.02. The number of carbonyl (C=O) groups excluding carboxylic acids is 1. The summed E-state index contributed by atoms with van der Waals surface area (Å²) in [7, 11) is 1.62. The van der Waals surface area contributed by atoms with Crippen molar-refractivity contribution < 1.29 is 14.6 Å². The van der Waals surface area contributed by atoms with Gasteiger partial charge in [-0.25, -0.2) is 4.79 Å². The average Bonchev–Trinajstić information content (AvgIpc) is 2.43. The summed E-state index contributed by atoms with van der Waals surface area (Å²) in [5, 5.41) is 15.5. The summed E-state index contributed by atoms with van der Waals surface area (Å²) >= 11 is 5.81. The highest BCUT2D eigenvalue weighted by molar-refractivity contribution is 6.30. The number of benzene rings is 1. The Morgan fingerprint density at radius 2 is 2.00 bits per heavy atom. The van der Waals surface area contributed by atoms with Gasteiger partial charge in [-0.2, -0.15) is 0 Å². The molecule has 0 aliphatic carbocycles. The molecule has 1 rings (SSSR count). The maximum absolute atomic E-state index is 11.8.